The second-order valence-corrected chi connectivity index (χ2v) is 4.79. The summed E-state index contributed by atoms with van der Waals surface area (Å²) < 4.78 is 5.08. The van der Waals surface area contributed by atoms with Crippen molar-refractivity contribution in [2.24, 2.45) is 0 Å². The van der Waals surface area contributed by atoms with Crippen molar-refractivity contribution in [1.29, 1.82) is 0 Å². The van der Waals surface area contributed by atoms with E-state index in [-0.39, 0.29) is 11.8 Å². The molecule has 3 heteroatoms. The number of rotatable bonds is 5. The number of amides is 1. The summed E-state index contributed by atoms with van der Waals surface area (Å²) in [5.74, 6) is 1.00. The highest BCUT2D eigenvalue weighted by Gasteiger charge is 2.11. The molecular weight excluding hydrogens is 250 g/mol. The summed E-state index contributed by atoms with van der Waals surface area (Å²) in [5.41, 5.74) is 1.97. The Morgan fingerprint density at radius 1 is 1.10 bits per heavy atom. The fraction of sp³-hybridized carbons (Fsp3) is 0.235. The van der Waals surface area contributed by atoms with Gasteiger partial charge in [0.15, 0.2) is 0 Å². The summed E-state index contributed by atoms with van der Waals surface area (Å²) in [4.78, 5) is 12.0. The van der Waals surface area contributed by atoms with E-state index in [0.29, 0.717) is 6.42 Å². The molecule has 20 heavy (non-hydrogen) atoms. The van der Waals surface area contributed by atoms with Crippen LogP contribution in [0.3, 0.4) is 0 Å². The lowest BCUT2D eigenvalue weighted by Gasteiger charge is -2.12. The molecule has 0 aromatic heterocycles. The normalized spacial score (nSPS) is 11.7. The Balaban J connectivity index is 1.91. The minimum Gasteiger partial charge on any atom is -0.497 e. The molecule has 0 unspecified atom stereocenters. The summed E-state index contributed by atoms with van der Waals surface area (Å²) in [7, 11) is 1.62. The quantitative estimate of drug-likeness (QED) is 0.896. The molecule has 3 nitrogen and oxygen atoms in total. The van der Waals surface area contributed by atoms with Crippen LogP contribution in [0.5, 0.6) is 5.75 Å². The lowest BCUT2D eigenvalue weighted by Crippen LogP contribution is -2.14. The van der Waals surface area contributed by atoms with Gasteiger partial charge >= 0.3 is 0 Å². The van der Waals surface area contributed by atoms with Crippen LogP contribution in [0.25, 0.3) is 0 Å². The van der Waals surface area contributed by atoms with Gasteiger partial charge in [0, 0.05) is 12.1 Å². The van der Waals surface area contributed by atoms with Crippen molar-refractivity contribution in [2.75, 3.05) is 12.4 Å². The maximum atomic E-state index is 12.0. The fourth-order valence-electron chi connectivity index (χ4n) is 2.06. The number of hydrogen-bond donors (Lipinski definition) is 1. The van der Waals surface area contributed by atoms with Gasteiger partial charge in [-0.3, -0.25) is 4.79 Å². The number of benzene rings is 2. The standard InChI is InChI=1S/C17H19NO2/c1-13(14-6-4-3-5-7-14)12-17(19)18-15-8-10-16(20-2)11-9-15/h3-11,13H,12H2,1-2H3,(H,18,19)/t13-/m0/s1. The van der Waals surface area contributed by atoms with Crippen molar-refractivity contribution >= 4 is 11.6 Å². The third kappa shape index (κ3) is 3.85. The van der Waals surface area contributed by atoms with Gasteiger partial charge in [0.05, 0.1) is 7.11 Å². The highest BCUT2D eigenvalue weighted by molar-refractivity contribution is 5.91. The molecular formula is C17H19NO2. The highest BCUT2D eigenvalue weighted by atomic mass is 16.5. The largest absolute Gasteiger partial charge is 0.497 e. The minimum atomic E-state index is 0.0199. The molecule has 0 aliphatic carbocycles. The van der Waals surface area contributed by atoms with Crippen molar-refractivity contribution in [1.82, 2.24) is 0 Å². The second kappa shape index (κ2) is 6.75. The van der Waals surface area contributed by atoms with Gasteiger partial charge in [-0.25, -0.2) is 0 Å². The van der Waals surface area contributed by atoms with Crippen LogP contribution in [0.2, 0.25) is 0 Å². The Kier molecular flexibility index (Phi) is 4.77. The number of methoxy groups -OCH3 is 1. The molecule has 2 aromatic rings. The first-order chi connectivity index (χ1) is 9.69. The monoisotopic (exact) mass is 269 g/mol. The molecule has 0 saturated heterocycles. The van der Waals surface area contributed by atoms with E-state index in [4.69, 9.17) is 4.74 Å². The van der Waals surface area contributed by atoms with E-state index in [0.717, 1.165) is 11.4 Å². The summed E-state index contributed by atoms with van der Waals surface area (Å²) in [5, 5.41) is 2.90. The average Bonchev–Trinajstić information content (AvgIpc) is 2.49. The van der Waals surface area contributed by atoms with Crippen molar-refractivity contribution in [3.8, 4) is 5.75 Å². The van der Waals surface area contributed by atoms with Crippen molar-refractivity contribution in [3.63, 3.8) is 0 Å². The zero-order valence-electron chi connectivity index (χ0n) is 11.8. The molecule has 1 amide bonds. The maximum Gasteiger partial charge on any atom is 0.224 e. The van der Waals surface area contributed by atoms with E-state index >= 15 is 0 Å². The predicted molar refractivity (Wildman–Crippen MR) is 81.1 cm³/mol. The number of anilines is 1. The zero-order chi connectivity index (χ0) is 14.4. The number of nitrogens with one attached hydrogen (secondary N) is 1. The van der Waals surface area contributed by atoms with Gasteiger partial charge in [0.1, 0.15) is 5.75 Å². The lowest BCUT2D eigenvalue weighted by atomic mass is 9.97. The van der Waals surface area contributed by atoms with Gasteiger partial charge in [-0.1, -0.05) is 37.3 Å². The highest BCUT2D eigenvalue weighted by Crippen LogP contribution is 2.20. The minimum absolute atomic E-state index is 0.0199. The van der Waals surface area contributed by atoms with Gasteiger partial charge in [0.2, 0.25) is 5.91 Å². The molecule has 2 rings (SSSR count). The van der Waals surface area contributed by atoms with Crippen LogP contribution in [0.4, 0.5) is 5.69 Å². The third-order valence-electron chi connectivity index (χ3n) is 3.23. The van der Waals surface area contributed by atoms with Crippen LogP contribution >= 0.6 is 0 Å². The first-order valence-corrected chi connectivity index (χ1v) is 6.68. The van der Waals surface area contributed by atoms with Crippen molar-refractivity contribution in [2.45, 2.75) is 19.3 Å². The van der Waals surface area contributed by atoms with Crippen LogP contribution in [-0.4, -0.2) is 13.0 Å². The van der Waals surface area contributed by atoms with Crippen LogP contribution in [0.15, 0.2) is 54.6 Å². The third-order valence-corrected chi connectivity index (χ3v) is 3.23. The lowest BCUT2D eigenvalue weighted by molar-refractivity contribution is -0.116. The molecule has 0 radical (unpaired) electrons. The summed E-state index contributed by atoms with van der Waals surface area (Å²) in [6.07, 6.45) is 0.468. The molecule has 0 spiro atoms. The van der Waals surface area contributed by atoms with Crippen LogP contribution in [0, 0.1) is 0 Å². The Bertz CT molecular complexity index is 549. The van der Waals surface area contributed by atoms with Gasteiger partial charge in [-0.15, -0.1) is 0 Å². The van der Waals surface area contributed by atoms with E-state index in [2.05, 4.69) is 12.2 Å². The second-order valence-electron chi connectivity index (χ2n) is 4.79. The molecule has 104 valence electrons. The summed E-state index contributed by atoms with van der Waals surface area (Å²) >= 11 is 0. The van der Waals surface area contributed by atoms with Crippen molar-refractivity contribution in [3.05, 3.63) is 60.2 Å². The number of carbonyl (C=O) groups excluding carboxylic acids is 1. The van der Waals surface area contributed by atoms with Gasteiger partial charge in [0.25, 0.3) is 0 Å². The first kappa shape index (κ1) is 14.1. The number of carbonyl (C=O) groups is 1. The first-order valence-electron chi connectivity index (χ1n) is 6.68. The molecule has 0 aliphatic heterocycles. The molecule has 1 atom stereocenters. The van der Waals surface area contributed by atoms with Crippen molar-refractivity contribution < 1.29 is 9.53 Å². The van der Waals surface area contributed by atoms with Crippen LogP contribution in [-0.2, 0) is 4.79 Å². The van der Waals surface area contributed by atoms with Gasteiger partial charge < -0.3 is 10.1 Å². The smallest absolute Gasteiger partial charge is 0.224 e. The van der Waals surface area contributed by atoms with E-state index in [9.17, 15) is 4.79 Å². The fourth-order valence-corrected chi connectivity index (χ4v) is 2.06. The molecule has 0 saturated carbocycles. The Morgan fingerprint density at radius 2 is 1.75 bits per heavy atom. The number of ether oxygens (including phenoxy) is 1. The predicted octanol–water partition coefficient (Wildman–Crippen LogP) is 3.83. The SMILES string of the molecule is COc1ccc(NC(=O)C[C@H](C)c2ccccc2)cc1. The molecule has 2 aromatic carbocycles. The maximum absolute atomic E-state index is 12.0. The van der Waals surface area contributed by atoms with Crippen LogP contribution in [0.1, 0.15) is 24.8 Å². The Morgan fingerprint density at radius 3 is 2.35 bits per heavy atom. The topological polar surface area (TPSA) is 38.3 Å². The van der Waals surface area contributed by atoms with Gasteiger partial charge in [-0.2, -0.15) is 0 Å². The average molecular weight is 269 g/mol. The Hall–Kier alpha value is -2.29. The summed E-state index contributed by atoms with van der Waals surface area (Å²) in [6, 6.07) is 17.4. The van der Waals surface area contributed by atoms with E-state index in [1.54, 1.807) is 7.11 Å². The number of hydrogen-bond acceptors (Lipinski definition) is 2. The molecule has 0 heterocycles. The van der Waals surface area contributed by atoms with Gasteiger partial charge in [-0.05, 0) is 35.7 Å². The summed E-state index contributed by atoms with van der Waals surface area (Å²) in [6.45, 7) is 2.06. The van der Waals surface area contributed by atoms with Crippen LogP contribution < -0.4 is 10.1 Å². The van der Waals surface area contributed by atoms with E-state index < -0.39 is 0 Å². The zero-order valence-corrected chi connectivity index (χ0v) is 11.8. The molecule has 0 aliphatic rings. The molecule has 0 bridgehead atoms. The molecule has 1 N–H and O–H groups in total. The molecule has 0 fully saturated rings. The Labute approximate surface area is 119 Å². The van der Waals surface area contributed by atoms with E-state index in [1.165, 1.54) is 5.56 Å². The van der Waals surface area contributed by atoms with E-state index in [1.807, 2.05) is 54.6 Å².